The number of nitrogens with one attached hydrogen (secondary N) is 2. The van der Waals surface area contributed by atoms with Crippen LogP contribution in [0.25, 0.3) is 0 Å². The minimum absolute atomic E-state index is 0.240. The second-order valence-corrected chi connectivity index (χ2v) is 6.07. The van der Waals surface area contributed by atoms with Crippen LogP contribution in [-0.4, -0.2) is 30.9 Å². The molecule has 0 aliphatic rings. The second-order valence-electron chi connectivity index (χ2n) is 3.09. The van der Waals surface area contributed by atoms with E-state index in [0.717, 1.165) is 9.92 Å². The molecule has 1 aromatic heterocycles. The van der Waals surface area contributed by atoms with Crippen LogP contribution >= 0.6 is 11.8 Å². The van der Waals surface area contributed by atoms with Gasteiger partial charge < -0.3 is 0 Å². The van der Waals surface area contributed by atoms with Gasteiger partial charge in [-0.25, -0.2) is 13.1 Å². The zero-order valence-electron chi connectivity index (χ0n) is 8.91. The molecule has 0 aliphatic carbocycles. The summed E-state index contributed by atoms with van der Waals surface area (Å²) >= 11 is 1.40. The molecule has 6 nitrogen and oxygen atoms in total. The van der Waals surface area contributed by atoms with Crippen molar-refractivity contribution in [3.63, 3.8) is 0 Å². The molecule has 2 N–H and O–H groups in total. The van der Waals surface area contributed by atoms with Gasteiger partial charge in [-0.2, -0.15) is 10.3 Å². The van der Waals surface area contributed by atoms with Gasteiger partial charge in [-0.05, 0) is 31.3 Å². The SMILES string of the molecule is CNS(=O)(=O)c1ccc(Sc2cn[nH]n2)cc1. The number of sulfonamides is 1. The number of rotatable bonds is 4. The summed E-state index contributed by atoms with van der Waals surface area (Å²) < 4.78 is 25.2. The van der Waals surface area contributed by atoms with Crippen LogP contribution in [0.15, 0.2) is 45.3 Å². The Morgan fingerprint density at radius 3 is 2.53 bits per heavy atom. The molecule has 8 heteroatoms. The van der Waals surface area contributed by atoms with Gasteiger partial charge in [-0.3, -0.25) is 0 Å². The smallest absolute Gasteiger partial charge is 0.214 e. The van der Waals surface area contributed by atoms with E-state index < -0.39 is 10.0 Å². The monoisotopic (exact) mass is 270 g/mol. The Kier molecular flexibility index (Phi) is 3.46. The molecular formula is C9H10N4O2S2. The summed E-state index contributed by atoms with van der Waals surface area (Å²) in [7, 11) is -1.99. The van der Waals surface area contributed by atoms with Gasteiger partial charge in [0.15, 0.2) is 0 Å². The molecule has 17 heavy (non-hydrogen) atoms. The predicted octanol–water partition coefficient (Wildman–Crippen LogP) is 0.864. The van der Waals surface area contributed by atoms with Gasteiger partial charge in [0.25, 0.3) is 0 Å². The lowest BCUT2D eigenvalue weighted by Crippen LogP contribution is -2.18. The third-order valence-electron chi connectivity index (χ3n) is 2.02. The number of aromatic amines is 1. The van der Waals surface area contributed by atoms with Gasteiger partial charge >= 0.3 is 0 Å². The van der Waals surface area contributed by atoms with Gasteiger partial charge in [0.05, 0.1) is 11.1 Å². The van der Waals surface area contributed by atoms with Gasteiger partial charge in [0.1, 0.15) is 5.03 Å². The number of H-pyrrole nitrogens is 1. The van der Waals surface area contributed by atoms with Crippen molar-refractivity contribution in [1.29, 1.82) is 0 Å². The summed E-state index contributed by atoms with van der Waals surface area (Å²) in [5.74, 6) is 0. The van der Waals surface area contributed by atoms with Crippen LogP contribution in [0.3, 0.4) is 0 Å². The fraction of sp³-hybridized carbons (Fsp3) is 0.111. The number of nitrogens with zero attached hydrogens (tertiary/aromatic N) is 2. The molecule has 0 amide bonds. The van der Waals surface area contributed by atoms with E-state index in [1.54, 1.807) is 30.5 Å². The predicted molar refractivity (Wildman–Crippen MR) is 63.2 cm³/mol. The summed E-state index contributed by atoms with van der Waals surface area (Å²) in [6, 6.07) is 6.55. The van der Waals surface area contributed by atoms with Crippen molar-refractivity contribution in [2.45, 2.75) is 14.8 Å². The van der Waals surface area contributed by atoms with E-state index in [1.165, 1.54) is 18.8 Å². The molecule has 1 aromatic carbocycles. The first-order valence-corrected chi connectivity index (χ1v) is 6.99. The summed E-state index contributed by atoms with van der Waals surface area (Å²) in [5, 5.41) is 10.8. The van der Waals surface area contributed by atoms with Crippen LogP contribution < -0.4 is 4.72 Å². The third kappa shape index (κ3) is 2.84. The van der Waals surface area contributed by atoms with Crippen LogP contribution in [-0.2, 0) is 10.0 Å². The first-order valence-electron chi connectivity index (χ1n) is 4.69. The van der Waals surface area contributed by atoms with Crippen molar-refractivity contribution in [1.82, 2.24) is 20.1 Å². The maximum absolute atomic E-state index is 11.5. The number of aromatic nitrogens is 3. The Hall–Kier alpha value is -1.38. The normalized spacial score (nSPS) is 11.6. The van der Waals surface area contributed by atoms with Crippen molar-refractivity contribution in [3.8, 4) is 0 Å². The zero-order valence-corrected chi connectivity index (χ0v) is 10.5. The molecule has 0 fully saturated rings. The third-order valence-corrected chi connectivity index (χ3v) is 4.36. The lowest BCUT2D eigenvalue weighted by molar-refractivity contribution is 0.588. The zero-order chi connectivity index (χ0) is 12.3. The van der Waals surface area contributed by atoms with E-state index in [4.69, 9.17) is 0 Å². The van der Waals surface area contributed by atoms with Gasteiger partial charge in [0, 0.05) is 4.90 Å². The van der Waals surface area contributed by atoms with Crippen LogP contribution in [0.1, 0.15) is 0 Å². The van der Waals surface area contributed by atoms with Crippen LogP contribution in [0.5, 0.6) is 0 Å². The topological polar surface area (TPSA) is 87.7 Å². The van der Waals surface area contributed by atoms with Crippen LogP contribution in [0.4, 0.5) is 0 Å². The lowest BCUT2D eigenvalue weighted by atomic mass is 10.4. The Morgan fingerprint density at radius 1 is 1.29 bits per heavy atom. The van der Waals surface area contributed by atoms with Crippen molar-refractivity contribution in [3.05, 3.63) is 30.5 Å². The second kappa shape index (κ2) is 4.86. The largest absolute Gasteiger partial charge is 0.240 e. The Balaban J connectivity index is 2.19. The first-order chi connectivity index (χ1) is 8.12. The highest BCUT2D eigenvalue weighted by Crippen LogP contribution is 2.25. The summed E-state index contributed by atoms with van der Waals surface area (Å²) in [6.45, 7) is 0. The number of hydrogen-bond donors (Lipinski definition) is 2. The molecule has 0 saturated carbocycles. The van der Waals surface area contributed by atoms with Gasteiger partial charge in [-0.15, -0.1) is 5.10 Å². The van der Waals surface area contributed by atoms with E-state index in [2.05, 4.69) is 20.1 Å². The van der Waals surface area contributed by atoms with Crippen LogP contribution in [0.2, 0.25) is 0 Å². The standard InChI is InChI=1S/C9H10N4O2S2/c1-10-17(14,15)8-4-2-7(3-5-8)16-9-6-11-13-12-9/h2-6,10H,1H3,(H,11,12,13). The minimum atomic E-state index is -3.37. The molecule has 2 rings (SSSR count). The van der Waals surface area contributed by atoms with E-state index >= 15 is 0 Å². The van der Waals surface area contributed by atoms with Crippen molar-refractivity contribution in [2.75, 3.05) is 7.05 Å². The molecule has 0 radical (unpaired) electrons. The molecular weight excluding hydrogens is 260 g/mol. The van der Waals surface area contributed by atoms with Crippen molar-refractivity contribution in [2.24, 2.45) is 0 Å². The van der Waals surface area contributed by atoms with Crippen molar-refractivity contribution < 1.29 is 8.42 Å². The fourth-order valence-corrected chi connectivity index (χ4v) is 2.60. The van der Waals surface area contributed by atoms with E-state index in [9.17, 15) is 8.42 Å². The summed E-state index contributed by atoms with van der Waals surface area (Å²) in [6.07, 6.45) is 1.60. The Bertz CT molecular complexity index is 578. The van der Waals surface area contributed by atoms with Crippen molar-refractivity contribution >= 4 is 21.8 Å². The molecule has 0 atom stereocenters. The average Bonchev–Trinajstić information content (AvgIpc) is 2.83. The summed E-state index contributed by atoms with van der Waals surface area (Å²) in [5.41, 5.74) is 0. The van der Waals surface area contributed by atoms with Gasteiger partial charge in [0.2, 0.25) is 10.0 Å². The molecule has 1 heterocycles. The van der Waals surface area contributed by atoms with E-state index in [0.29, 0.717) is 0 Å². The van der Waals surface area contributed by atoms with Gasteiger partial charge in [-0.1, -0.05) is 11.8 Å². The minimum Gasteiger partial charge on any atom is -0.214 e. The number of benzene rings is 1. The average molecular weight is 270 g/mol. The Morgan fingerprint density at radius 2 is 2.00 bits per heavy atom. The molecule has 0 spiro atoms. The molecule has 0 aliphatic heterocycles. The molecule has 90 valence electrons. The molecule has 0 bridgehead atoms. The van der Waals surface area contributed by atoms with Crippen LogP contribution in [0, 0.1) is 0 Å². The maximum Gasteiger partial charge on any atom is 0.240 e. The fourth-order valence-electron chi connectivity index (χ4n) is 1.17. The lowest BCUT2D eigenvalue weighted by Gasteiger charge is -2.03. The highest BCUT2D eigenvalue weighted by atomic mass is 32.2. The molecule has 0 unspecified atom stereocenters. The summed E-state index contributed by atoms with van der Waals surface area (Å²) in [4.78, 5) is 1.14. The maximum atomic E-state index is 11.5. The first kappa shape index (κ1) is 12.1. The van der Waals surface area contributed by atoms with E-state index in [-0.39, 0.29) is 4.90 Å². The quantitative estimate of drug-likeness (QED) is 0.860. The highest BCUT2D eigenvalue weighted by Gasteiger charge is 2.10. The molecule has 2 aromatic rings. The van der Waals surface area contributed by atoms with E-state index in [1.807, 2.05) is 0 Å². The number of hydrogen-bond acceptors (Lipinski definition) is 5. The highest BCUT2D eigenvalue weighted by molar-refractivity contribution is 7.99. The molecule has 0 saturated heterocycles. The Labute approximate surface area is 103 Å².